The number of nitrogens with zero attached hydrogens (tertiary/aromatic N) is 1. The summed E-state index contributed by atoms with van der Waals surface area (Å²) in [7, 11) is 0. The minimum Gasteiger partial charge on any atom is -0.426 e. The highest BCUT2D eigenvalue weighted by Crippen LogP contribution is 2.38. The summed E-state index contributed by atoms with van der Waals surface area (Å²) in [5.41, 5.74) is 2.38. The minimum atomic E-state index is -0.782. The molecular formula is C32H43NO6. The zero-order chi connectivity index (χ0) is 28.2. The number of hydrogen-bond acceptors (Lipinski definition) is 7. The number of benzene rings is 1. The molecule has 0 amide bonds. The van der Waals surface area contributed by atoms with Gasteiger partial charge in [-0.2, -0.15) is 0 Å². The van der Waals surface area contributed by atoms with E-state index in [1.807, 2.05) is 12.3 Å². The Hall–Kier alpha value is -3.03. The highest BCUT2D eigenvalue weighted by molar-refractivity contribution is 5.90. The van der Waals surface area contributed by atoms with E-state index in [9.17, 15) is 19.8 Å². The van der Waals surface area contributed by atoms with Crippen molar-refractivity contribution in [2.24, 2.45) is 11.8 Å². The summed E-state index contributed by atoms with van der Waals surface area (Å²) >= 11 is 0. The van der Waals surface area contributed by atoms with Crippen molar-refractivity contribution in [1.29, 1.82) is 0 Å². The second-order valence-corrected chi connectivity index (χ2v) is 10.7. The predicted octanol–water partition coefficient (Wildman–Crippen LogP) is 6.37. The lowest BCUT2D eigenvalue weighted by molar-refractivity contribution is -0.139. The Morgan fingerprint density at radius 1 is 1.00 bits per heavy atom. The Balaban J connectivity index is 1.69. The first-order valence-electron chi connectivity index (χ1n) is 14.3. The first kappa shape index (κ1) is 30.5. The number of esters is 2. The molecule has 2 aromatic rings. The van der Waals surface area contributed by atoms with E-state index in [1.54, 1.807) is 19.1 Å². The number of aliphatic hydroxyl groups is 2. The standard InChI is InChI=1S/C32H43NO6/c1-4-5-6-7-8-9-24-10-12-25(13-11-24)26-14-15-30(33-19-26)27-16-28(38-31(36)22(2)20-34)18-29(17-27)39-32(37)23(3)21-35/h14-19,23-25,34-35H,2,4-13,20-21H2,1,3H3. The molecule has 1 fully saturated rings. The van der Waals surface area contributed by atoms with Crippen LogP contribution in [0.5, 0.6) is 11.5 Å². The first-order chi connectivity index (χ1) is 18.8. The van der Waals surface area contributed by atoms with Gasteiger partial charge in [0.05, 0.1) is 30.4 Å². The van der Waals surface area contributed by atoms with E-state index in [-0.39, 0.29) is 23.7 Å². The molecule has 0 saturated heterocycles. The third kappa shape index (κ3) is 9.29. The summed E-state index contributed by atoms with van der Waals surface area (Å²) in [6, 6.07) is 8.72. The maximum Gasteiger partial charge on any atom is 0.341 e. The molecule has 0 bridgehead atoms. The van der Waals surface area contributed by atoms with Gasteiger partial charge < -0.3 is 19.7 Å². The summed E-state index contributed by atoms with van der Waals surface area (Å²) in [6.45, 7) is 6.42. The molecule has 39 heavy (non-hydrogen) atoms. The fraction of sp³-hybridized carbons (Fsp3) is 0.531. The number of rotatable bonds is 14. The van der Waals surface area contributed by atoms with Gasteiger partial charge >= 0.3 is 11.9 Å². The summed E-state index contributed by atoms with van der Waals surface area (Å²) in [4.78, 5) is 29.1. The molecule has 1 aromatic heterocycles. The molecule has 1 atom stereocenters. The molecule has 1 unspecified atom stereocenters. The van der Waals surface area contributed by atoms with E-state index in [1.165, 1.54) is 75.8 Å². The number of aliphatic hydroxyl groups excluding tert-OH is 2. The number of carbonyl (C=O) groups is 2. The van der Waals surface area contributed by atoms with Gasteiger partial charge in [0.1, 0.15) is 11.5 Å². The SMILES string of the molecule is C=C(CO)C(=O)Oc1cc(OC(=O)C(C)CO)cc(-c2ccc(C3CCC(CCCCCCC)CC3)cn2)c1. The van der Waals surface area contributed by atoms with Crippen LogP contribution in [0.3, 0.4) is 0 Å². The number of hydrogen-bond donors (Lipinski definition) is 2. The molecule has 3 rings (SSSR count). The third-order valence-corrected chi connectivity index (χ3v) is 7.58. The molecule has 7 nitrogen and oxygen atoms in total. The van der Waals surface area contributed by atoms with Crippen molar-refractivity contribution in [3.63, 3.8) is 0 Å². The minimum absolute atomic E-state index is 0.0958. The quantitative estimate of drug-likeness (QED) is 0.125. The van der Waals surface area contributed by atoms with Crippen molar-refractivity contribution in [3.8, 4) is 22.8 Å². The number of ether oxygens (including phenoxy) is 2. The second kappa shape index (κ2) is 15.5. The van der Waals surface area contributed by atoms with Crippen LogP contribution in [-0.4, -0.2) is 40.3 Å². The summed E-state index contributed by atoms with van der Waals surface area (Å²) in [5, 5.41) is 18.5. The molecule has 1 aliphatic rings. The fourth-order valence-corrected chi connectivity index (χ4v) is 5.01. The van der Waals surface area contributed by atoms with Gasteiger partial charge in [0.2, 0.25) is 0 Å². The van der Waals surface area contributed by atoms with Crippen molar-refractivity contribution < 1.29 is 29.3 Å². The van der Waals surface area contributed by atoms with Crippen molar-refractivity contribution >= 4 is 11.9 Å². The summed E-state index contributed by atoms with van der Waals surface area (Å²) in [6.07, 6.45) is 14.9. The Bertz CT molecular complexity index is 1090. The topological polar surface area (TPSA) is 106 Å². The predicted molar refractivity (Wildman–Crippen MR) is 151 cm³/mol. The van der Waals surface area contributed by atoms with Crippen LogP contribution in [0, 0.1) is 11.8 Å². The highest BCUT2D eigenvalue weighted by Gasteiger charge is 2.23. The number of carbonyl (C=O) groups excluding carboxylic acids is 2. The molecule has 0 aliphatic heterocycles. The van der Waals surface area contributed by atoms with E-state index in [2.05, 4.69) is 24.6 Å². The largest absolute Gasteiger partial charge is 0.426 e. The lowest BCUT2D eigenvalue weighted by atomic mass is 9.77. The van der Waals surface area contributed by atoms with Crippen LogP contribution in [-0.2, 0) is 9.59 Å². The van der Waals surface area contributed by atoms with Crippen molar-refractivity contribution in [3.05, 3.63) is 54.2 Å². The van der Waals surface area contributed by atoms with E-state index in [0.29, 0.717) is 17.2 Å². The third-order valence-electron chi connectivity index (χ3n) is 7.58. The first-order valence-corrected chi connectivity index (χ1v) is 14.3. The maximum absolute atomic E-state index is 12.3. The molecule has 7 heteroatoms. The molecule has 2 N–H and O–H groups in total. The smallest absolute Gasteiger partial charge is 0.341 e. The Morgan fingerprint density at radius 3 is 2.31 bits per heavy atom. The Kier molecular flexibility index (Phi) is 12.2. The molecule has 1 saturated carbocycles. The molecular weight excluding hydrogens is 494 g/mol. The van der Waals surface area contributed by atoms with Gasteiger partial charge in [-0.05, 0) is 68.2 Å². The van der Waals surface area contributed by atoms with Crippen LogP contribution in [0.15, 0.2) is 48.7 Å². The Morgan fingerprint density at radius 2 is 1.69 bits per heavy atom. The van der Waals surface area contributed by atoms with Gasteiger partial charge in [-0.3, -0.25) is 9.78 Å². The maximum atomic E-state index is 12.3. The normalized spacial score (nSPS) is 17.8. The molecule has 1 aromatic carbocycles. The van der Waals surface area contributed by atoms with Gasteiger partial charge in [0.25, 0.3) is 0 Å². The van der Waals surface area contributed by atoms with Crippen LogP contribution in [0.25, 0.3) is 11.3 Å². The molecule has 212 valence electrons. The second-order valence-electron chi connectivity index (χ2n) is 10.7. The molecule has 1 heterocycles. The Labute approximate surface area is 232 Å². The fourth-order valence-electron chi connectivity index (χ4n) is 5.01. The van der Waals surface area contributed by atoms with Crippen molar-refractivity contribution in [1.82, 2.24) is 4.98 Å². The van der Waals surface area contributed by atoms with Gasteiger partial charge in [0.15, 0.2) is 0 Å². The van der Waals surface area contributed by atoms with E-state index in [4.69, 9.17) is 9.47 Å². The van der Waals surface area contributed by atoms with Crippen LogP contribution < -0.4 is 9.47 Å². The van der Waals surface area contributed by atoms with Gasteiger partial charge in [-0.1, -0.05) is 58.1 Å². The average Bonchev–Trinajstić information content (AvgIpc) is 2.96. The van der Waals surface area contributed by atoms with Crippen molar-refractivity contribution in [2.45, 2.75) is 84.0 Å². The lowest BCUT2D eigenvalue weighted by Gasteiger charge is -2.28. The zero-order valence-electron chi connectivity index (χ0n) is 23.4. The summed E-state index contributed by atoms with van der Waals surface area (Å²) in [5.74, 6) is -0.447. The zero-order valence-corrected chi connectivity index (χ0v) is 23.4. The van der Waals surface area contributed by atoms with Crippen LogP contribution in [0.1, 0.15) is 89.5 Å². The van der Waals surface area contributed by atoms with E-state index >= 15 is 0 Å². The van der Waals surface area contributed by atoms with Gasteiger partial charge in [-0.25, -0.2) is 4.79 Å². The van der Waals surface area contributed by atoms with Crippen LogP contribution in [0.2, 0.25) is 0 Å². The summed E-state index contributed by atoms with van der Waals surface area (Å²) < 4.78 is 10.8. The highest BCUT2D eigenvalue weighted by atomic mass is 16.5. The van der Waals surface area contributed by atoms with Crippen molar-refractivity contribution in [2.75, 3.05) is 13.2 Å². The van der Waals surface area contributed by atoms with Gasteiger partial charge in [0, 0.05) is 17.8 Å². The average molecular weight is 538 g/mol. The van der Waals surface area contributed by atoms with Crippen LogP contribution in [0.4, 0.5) is 0 Å². The molecule has 0 spiro atoms. The van der Waals surface area contributed by atoms with Gasteiger partial charge in [-0.15, -0.1) is 0 Å². The van der Waals surface area contributed by atoms with E-state index in [0.717, 1.165) is 5.92 Å². The number of pyridine rings is 1. The lowest BCUT2D eigenvalue weighted by Crippen LogP contribution is -2.20. The van der Waals surface area contributed by atoms with Crippen LogP contribution >= 0.6 is 0 Å². The monoisotopic (exact) mass is 537 g/mol. The van der Waals surface area contributed by atoms with E-state index < -0.39 is 24.5 Å². The number of aromatic nitrogens is 1. The molecule has 1 aliphatic carbocycles. The number of unbranched alkanes of at least 4 members (excludes halogenated alkanes) is 4. The molecule has 0 radical (unpaired) electrons.